The van der Waals surface area contributed by atoms with Gasteiger partial charge in [0.1, 0.15) is 5.75 Å². The van der Waals surface area contributed by atoms with Gasteiger partial charge in [0, 0.05) is 16.8 Å². The van der Waals surface area contributed by atoms with Crippen LogP contribution in [0.5, 0.6) is 5.75 Å². The highest BCUT2D eigenvalue weighted by molar-refractivity contribution is 7.92. The monoisotopic (exact) mass is 490 g/mol. The number of nitrogens with one attached hydrogen (secondary N) is 2. The van der Waals surface area contributed by atoms with Crippen LogP contribution in [0.4, 0.5) is 11.4 Å². The third kappa shape index (κ3) is 5.77. The van der Waals surface area contributed by atoms with E-state index in [1.165, 1.54) is 31.4 Å². The number of carbonyl (C=O) groups is 2. The predicted octanol–water partition coefficient (Wildman–Crippen LogP) is 4.44. The molecule has 178 valence electrons. The highest BCUT2D eigenvalue weighted by Gasteiger charge is 2.18. The number of carbonyl (C=O) groups excluding carboxylic acids is 2. The molecule has 0 bridgehead atoms. The smallest absolute Gasteiger partial charge is 0.338 e. The van der Waals surface area contributed by atoms with Crippen molar-refractivity contribution in [3.63, 3.8) is 0 Å². The van der Waals surface area contributed by atoms with E-state index in [0.717, 1.165) is 10.8 Å². The van der Waals surface area contributed by atoms with E-state index in [2.05, 4.69) is 10.0 Å². The van der Waals surface area contributed by atoms with Gasteiger partial charge in [-0.15, -0.1) is 0 Å². The van der Waals surface area contributed by atoms with E-state index in [4.69, 9.17) is 9.47 Å². The van der Waals surface area contributed by atoms with Crippen LogP contribution in [0.2, 0.25) is 0 Å². The second-order valence-electron chi connectivity index (χ2n) is 7.51. The highest BCUT2D eigenvalue weighted by Crippen LogP contribution is 2.23. The van der Waals surface area contributed by atoms with Crippen molar-refractivity contribution in [2.45, 2.75) is 4.90 Å². The van der Waals surface area contributed by atoms with Gasteiger partial charge in [0.15, 0.2) is 6.61 Å². The number of rotatable bonds is 8. The molecule has 0 radical (unpaired) electrons. The lowest BCUT2D eigenvalue weighted by Gasteiger charge is -2.11. The number of anilines is 2. The van der Waals surface area contributed by atoms with E-state index in [1.54, 1.807) is 30.3 Å². The van der Waals surface area contributed by atoms with Crippen LogP contribution in [-0.4, -0.2) is 34.0 Å². The Labute approximate surface area is 202 Å². The molecule has 4 aromatic carbocycles. The fourth-order valence-corrected chi connectivity index (χ4v) is 4.50. The summed E-state index contributed by atoms with van der Waals surface area (Å²) in [6.45, 7) is -0.525. The molecule has 0 unspecified atom stereocenters. The number of hydrogen-bond acceptors (Lipinski definition) is 6. The van der Waals surface area contributed by atoms with Gasteiger partial charge >= 0.3 is 5.97 Å². The van der Waals surface area contributed by atoms with E-state index >= 15 is 0 Å². The summed E-state index contributed by atoms with van der Waals surface area (Å²) in [7, 11) is -2.45. The van der Waals surface area contributed by atoms with Crippen molar-refractivity contribution in [2.75, 3.05) is 23.8 Å². The summed E-state index contributed by atoms with van der Waals surface area (Å²) in [5.41, 5.74) is 0.936. The first-order chi connectivity index (χ1) is 16.9. The zero-order valence-electron chi connectivity index (χ0n) is 18.7. The molecule has 0 aromatic heterocycles. The maximum absolute atomic E-state index is 12.7. The third-order valence-corrected chi connectivity index (χ3v) is 6.50. The number of benzene rings is 4. The molecule has 1 amide bonds. The van der Waals surface area contributed by atoms with E-state index in [0.29, 0.717) is 17.1 Å². The molecule has 0 aliphatic heterocycles. The van der Waals surface area contributed by atoms with Crippen molar-refractivity contribution in [1.29, 1.82) is 0 Å². The second-order valence-corrected chi connectivity index (χ2v) is 9.20. The van der Waals surface area contributed by atoms with E-state index in [-0.39, 0.29) is 10.5 Å². The Hall–Kier alpha value is -4.37. The first-order valence-corrected chi connectivity index (χ1v) is 12.1. The quantitative estimate of drug-likeness (QED) is 0.353. The van der Waals surface area contributed by atoms with Crippen LogP contribution in [0.25, 0.3) is 10.8 Å². The second kappa shape index (κ2) is 10.3. The van der Waals surface area contributed by atoms with E-state index in [9.17, 15) is 18.0 Å². The molecule has 4 aromatic rings. The average molecular weight is 491 g/mol. The SMILES string of the molecule is COc1ccc(NS(=O)(=O)c2cccc(C(=O)OCC(=O)Nc3cccc4ccccc34)c2)cc1. The molecule has 2 N–H and O–H groups in total. The number of amides is 1. The fraction of sp³-hybridized carbons (Fsp3) is 0.0769. The summed E-state index contributed by atoms with van der Waals surface area (Å²) in [5, 5.41) is 4.55. The van der Waals surface area contributed by atoms with Crippen LogP contribution in [0.15, 0.2) is 95.9 Å². The standard InChI is InChI=1S/C26H22N2O6S/c1-33-21-14-12-20(13-15-21)28-35(31,32)22-9-4-8-19(16-22)26(30)34-17-25(29)27-24-11-5-7-18-6-2-3-10-23(18)24/h2-16,28H,17H2,1H3,(H,27,29). The van der Waals surface area contributed by atoms with Gasteiger partial charge in [-0.05, 0) is 53.9 Å². The molecular formula is C26H22N2O6S. The van der Waals surface area contributed by atoms with Crippen molar-refractivity contribution in [3.05, 3.63) is 96.6 Å². The maximum Gasteiger partial charge on any atom is 0.338 e. The lowest BCUT2D eigenvalue weighted by atomic mass is 10.1. The molecular weight excluding hydrogens is 468 g/mol. The molecule has 0 spiro atoms. The molecule has 0 fully saturated rings. The first kappa shape index (κ1) is 23.8. The van der Waals surface area contributed by atoms with Gasteiger partial charge in [0.25, 0.3) is 15.9 Å². The molecule has 0 heterocycles. The molecule has 35 heavy (non-hydrogen) atoms. The summed E-state index contributed by atoms with van der Waals surface area (Å²) < 4.78 is 38.1. The van der Waals surface area contributed by atoms with Crippen molar-refractivity contribution in [3.8, 4) is 5.75 Å². The van der Waals surface area contributed by atoms with Crippen LogP contribution in [0.3, 0.4) is 0 Å². The summed E-state index contributed by atoms with van der Waals surface area (Å²) >= 11 is 0. The molecule has 0 atom stereocenters. The minimum Gasteiger partial charge on any atom is -0.497 e. The predicted molar refractivity (Wildman–Crippen MR) is 133 cm³/mol. The van der Waals surface area contributed by atoms with Crippen LogP contribution in [0, 0.1) is 0 Å². The minimum absolute atomic E-state index is 0.000525. The van der Waals surface area contributed by atoms with Crippen molar-refractivity contribution >= 4 is 44.0 Å². The van der Waals surface area contributed by atoms with Crippen LogP contribution in [-0.2, 0) is 19.6 Å². The molecule has 4 rings (SSSR count). The van der Waals surface area contributed by atoms with Crippen LogP contribution < -0.4 is 14.8 Å². The Morgan fingerprint density at radius 3 is 2.34 bits per heavy atom. The lowest BCUT2D eigenvalue weighted by Crippen LogP contribution is -2.21. The fourth-order valence-electron chi connectivity index (χ4n) is 3.40. The molecule has 0 aliphatic carbocycles. The first-order valence-electron chi connectivity index (χ1n) is 10.6. The number of esters is 1. The number of ether oxygens (including phenoxy) is 2. The van der Waals surface area contributed by atoms with Crippen molar-refractivity contribution in [1.82, 2.24) is 0 Å². The van der Waals surface area contributed by atoms with Crippen LogP contribution >= 0.6 is 0 Å². The Bertz CT molecular complexity index is 1480. The average Bonchev–Trinajstić information content (AvgIpc) is 2.88. The van der Waals surface area contributed by atoms with Crippen LogP contribution in [0.1, 0.15) is 10.4 Å². The Balaban J connectivity index is 1.40. The van der Waals surface area contributed by atoms with E-state index < -0.39 is 28.5 Å². The zero-order valence-corrected chi connectivity index (χ0v) is 19.5. The topological polar surface area (TPSA) is 111 Å². The van der Waals surface area contributed by atoms with E-state index in [1.807, 2.05) is 36.4 Å². The third-order valence-electron chi connectivity index (χ3n) is 5.12. The van der Waals surface area contributed by atoms with Gasteiger partial charge < -0.3 is 14.8 Å². The number of sulfonamides is 1. The number of hydrogen-bond donors (Lipinski definition) is 2. The summed E-state index contributed by atoms with van der Waals surface area (Å²) in [6.07, 6.45) is 0. The Morgan fingerprint density at radius 2 is 1.57 bits per heavy atom. The van der Waals surface area contributed by atoms with Gasteiger partial charge in [0.2, 0.25) is 0 Å². The van der Waals surface area contributed by atoms with Gasteiger partial charge in [0.05, 0.1) is 17.6 Å². The van der Waals surface area contributed by atoms with Gasteiger partial charge in [-0.25, -0.2) is 13.2 Å². The molecule has 0 saturated carbocycles. The number of fused-ring (bicyclic) bond motifs is 1. The zero-order chi connectivity index (χ0) is 24.8. The maximum atomic E-state index is 12.7. The van der Waals surface area contributed by atoms with Gasteiger partial charge in [-0.3, -0.25) is 9.52 Å². The Kier molecular flexibility index (Phi) is 6.98. The summed E-state index contributed by atoms with van der Waals surface area (Å²) in [5.74, 6) is -0.749. The lowest BCUT2D eigenvalue weighted by molar-refractivity contribution is -0.119. The Morgan fingerprint density at radius 1 is 0.857 bits per heavy atom. The molecule has 8 nitrogen and oxygen atoms in total. The van der Waals surface area contributed by atoms with Crippen molar-refractivity contribution < 1.29 is 27.5 Å². The largest absolute Gasteiger partial charge is 0.497 e. The normalized spacial score (nSPS) is 11.0. The number of methoxy groups -OCH3 is 1. The summed E-state index contributed by atoms with van der Waals surface area (Å²) in [4.78, 5) is 24.7. The minimum atomic E-state index is -3.96. The molecule has 9 heteroatoms. The van der Waals surface area contributed by atoms with Gasteiger partial charge in [-0.2, -0.15) is 0 Å². The van der Waals surface area contributed by atoms with Gasteiger partial charge in [-0.1, -0.05) is 42.5 Å². The summed E-state index contributed by atoms with van der Waals surface area (Å²) in [6, 6.07) is 24.8. The molecule has 0 aliphatic rings. The van der Waals surface area contributed by atoms with Crippen molar-refractivity contribution in [2.24, 2.45) is 0 Å². The highest BCUT2D eigenvalue weighted by atomic mass is 32.2. The molecule has 0 saturated heterocycles.